The van der Waals surface area contributed by atoms with E-state index in [1.165, 1.54) is 37.6 Å². The number of thiophene rings is 1. The number of hydrogen-bond donors (Lipinski definition) is 1. The van der Waals surface area contributed by atoms with Crippen molar-refractivity contribution in [3.63, 3.8) is 0 Å². The molecule has 1 saturated heterocycles. The first-order valence-corrected chi connectivity index (χ1v) is 11.9. The summed E-state index contributed by atoms with van der Waals surface area (Å²) in [6.07, 6.45) is 1.29. The highest BCUT2D eigenvalue weighted by atomic mass is 32.2. The van der Waals surface area contributed by atoms with Gasteiger partial charge >= 0.3 is 0 Å². The first-order chi connectivity index (χ1) is 14.3. The Morgan fingerprint density at radius 1 is 1.30 bits per heavy atom. The zero-order valence-electron chi connectivity index (χ0n) is 17.1. The number of benzene rings is 1. The average Bonchev–Trinajstić information content (AvgIpc) is 3.40. The van der Waals surface area contributed by atoms with E-state index in [1.54, 1.807) is 30.0 Å². The average molecular weight is 452 g/mol. The van der Waals surface area contributed by atoms with Gasteiger partial charge in [0, 0.05) is 26.3 Å². The summed E-state index contributed by atoms with van der Waals surface area (Å²) in [5.41, 5.74) is 0.333. The van der Waals surface area contributed by atoms with Crippen molar-refractivity contribution in [1.82, 2.24) is 9.21 Å². The molecule has 0 aliphatic carbocycles. The smallest absolute Gasteiger partial charge is 0.264 e. The Balaban J connectivity index is 1.83. The van der Waals surface area contributed by atoms with Crippen LogP contribution in [0.5, 0.6) is 5.75 Å². The van der Waals surface area contributed by atoms with Gasteiger partial charge in [-0.3, -0.25) is 9.59 Å². The summed E-state index contributed by atoms with van der Waals surface area (Å²) in [6.45, 7) is 2.59. The second-order valence-corrected chi connectivity index (χ2v) is 10.1. The Hall–Kier alpha value is -2.43. The van der Waals surface area contributed by atoms with Gasteiger partial charge in [-0.1, -0.05) is 6.07 Å². The monoisotopic (exact) mass is 451 g/mol. The first-order valence-electron chi connectivity index (χ1n) is 9.60. The number of nitrogens with one attached hydrogen (secondary N) is 1. The molecule has 2 heterocycles. The van der Waals surface area contributed by atoms with Gasteiger partial charge in [0.15, 0.2) is 0 Å². The molecule has 10 heteroatoms. The fourth-order valence-electron chi connectivity index (χ4n) is 3.31. The second-order valence-electron chi connectivity index (χ2n) is 7.01. The van der Waals surface area contributed by atoms with E-state index in [0.717, 1.165) is 10.7 Å². The van der Waals surface area contributed by atoms with Crippen LogP contribution in [0.15, 0.2) is 40.6 Å². The lowest BCUT2D eigenvalue weighted by molar-refractivity contribution is -0.119. The van der Waals surface area contributed by atoms with Crippen molar-refractivity contribution >= 4 is 38.9 Å². The van der Waals surface area contributed by atoms with E-state index in [1.807, 2.05) is 5.38 Å². The van der Waals surface area contributed by atoms with Crippen LogP contribution in [0.25, 0.3) is 0 Å². The molecule has 0 saturated carbocycles. The topological polar surface area (TPSA) is 96.0 Å². The summed E-state index contributed by atoms with van der Waals surface area (Å²) in [7, 11) is -0.900. The van der Waals surface area contributed by atoms with Crippen molar-refractivity contribution in [3.05, 3.63) is 40.6 Å². The van der Waals surface area contributed by atoms with Crippen LogP contribution in [0.2, 0.25) is 0 Å². The summed E-state index contributed by atoms with van der Waals surface area (Å²) in [4.78, 5) is 27.8. The Morgan fingerprint density at radius 2 is 2.07 bits per heavy atom. The van der Waals surface area contributed by atoms with Crippen molar-refractivity contribution in [1.29, 1.82) is 0 Å². The molecule has 0 bridgehead atoms. The van der Waals surface area contributed by atoms with Gasteiger partial charge in [0.1, 0.15) is 16.7 Å². The second kappa shape index (κ2) is 9.15. The fourth-order valence-corrected chi connectivity index (χ4v) is 5.04. The maximum Gasteiger partial charge on any atom is 0.264 e. The third kappa shape index (κ3) is 4.50. The number of ether oxygens (including phenoxy) is 1. The van der Waals surface area contributed by atoms with E-state index >= 15 is 0 Å². The van der Waals surface area contributed by atoms with Gasteiger partial charge in [-0.15, -0.1) is 11.3 Å². The maximum absolute atomic E-state index is 12.9. The van der Waals surface area contributed by atoms with Crippen LogP contribution >= 0.6 is 11.3 Å². The molecule has 2 aromatic rings. The number of hydrogen-bond acceptors (Lipinski definition) is 6. The number of anilines is 1. The molecular formula is C20H25N3O5S2. The highest BCUT2D eigenvalue weighted by Gasteiger charge is 2.35. The molecule has 1 aromatic heterocycles. The number of carbonyl (C=O) groups excluding carboxylic acids is 2. The largest absolute Gasteiger partial charge is 0.492 e. The lowest BCUT2D eigenvalue weighted by Crippen LogP contribution is -2.43. The highest BCUT2D eigenvalue weighted by Crippen LogP contribution is 2.30. The predicted molar refractivity (Wildman–Crippen MR) is 115 cm³/mol. The minimum atomic E-state index is -3.77. The van der Waals surface area contributed by atoms with Crippen LogP contribution in [0.4, 0.5) is 5.69 Å². The third-order valence-corrected chi connectivity index (χ3v) is 7.51. The lowest BCUT2D eigenvalue weighted by Gasteiger charge is -2.24. The molecule has 1 N–H and O–H groups in total. The first kappa shape index (κ1) is 22.3. The number of carbonyl (C=O) groups is 2. The van der Waals surface area contributed by atoms with Gasteiger partial charge in [0.05, 0.1) is 11.5 Å². The minimum Gasteiger partial charge on any atom is -0.492 e. The van der Waals surface area contributed by atoms with Crippen molar-refractivity contribution in [3.8, 4) is 5.75 Å². The van der Waals surface area contributed by atoms with E-state index < -0.39 is 16.1 Å². The number of amides is 2. The number of sulfonamides is 1. The Kier molecular flexibility index (Phi) is 6.79. The predicted octanol–water partition coefficient (Wildman–Crippen LogP) is 2.64. The number of rotatable bonds is 7. The molecule has 2 amide bonds. The van der Waals surface area contributed by atoms with Crippen molar-refractivity contribution < 1.29 is 22.7 Å². The van der Waals surface area contributed by atoms with E-state index in [-0.39, 0.29) is 22.5 Å². The molecule has 1 fully saturated rings. The highest BCUT2D eigenvalue weighted by molar-refractivity contribution is 7.89. The molecule has 30 heavy (non-hydrogen) atoms. The van der Waals surface area contributed by atoms with E-state index in [9.17, 15) is 18.0 Å². The molecule has 1 atom stereocenters. The zero-order valence-corrected chi connectivity index (χ0v) is 18.8. The molecule has 162 valence electrons. The standard InChI is InChI=1S/C20H25N3O5S2/c1-4-28-16-10-9-14(13-18(16)30(26,27)22(2)3)21-19(24)15-7-5-11-23(15)20(25)17-8-6-12-29-17/h6,8-10,12-13,15H,4-5,7,11H2,1-3H3,(H,21,24)/t15-/m0/s1. The van der Waals surface area contributed by atoms with Crippen LogP contribution in [0, 0.1) is 0 Å². The number of nitrogens with zero attached hydrogens (tertiary/aromatic N) is 2. The summed E-state index contributed by atoms with van der Waals surface area (Å²) >= 11 is 1.34. The molecule has 0 unspecified atom stereocenters. The van der Waals surface area contributed by atoms with E-state index in [0.29, 0.717) is 30.1 Å². The molecule has 0 spiro atoms. The SMILES string of the molecule is CCOc1ccc(NC(=O)[C@@H]2CCCN2C(=O)c2cccs2)cc1S(=O)(=O)N(C)C. The quantitative estimate of drug-likeness (QED) is 0.698. The number of likely N-dealkylation sites (tertiary alicyclic amines) is 1. The summed E-state index contributed by atoms with van der Waals surface area (Å²) in [6, 6.07) is 7.45. The Morgan fingerprint density at radius 3 is 2.70 bits per heavy atom. The molecular weight excluding hydrogens is 426 g/mol. The van der Waals surface area contributed by atoms with Crippen molar-refractivity contribution in [2.75, 3.05) is 32.6 Å². The molecule has 3 rings (SSSR count). The summed E-state index contributed by atoms with van der Waals surface area (Å²) in [5, 5.41) is 4.59. The van der Waals surface area contributed by atoms with Crippen LogP contribution < -0.4 is 10.1 Å². The fraction of sp³-hybridized carbons (Fsp3) is 0.400. The van der Waals surface area contributed by atoms with Crippen LogP contribution in [0.3, 0.4) is 0 Å². The van der Waals surface area contributed by atoms with Crippen LogP contribution in [-0.2, 0) is 14.8 Å². The van der Waals surface area contributed by atoms with Gasteiger partial charge in [-0.05, 0) is 49.4 Å². The van der Waals surface area contributed by atoms with E-state index in [4.69, 9.17) is 4.74 Å². The minimum absolute atomic E-state index is 0.0231. The molecule has 1 aliphatic heterocycles. The summed E-state index contributed by atoms with van der Waals surface area (Å²) < 4.78 is 31.9. The molecule has 8 nitrogen and oxygen atoms in total. The van der Waals surface area contributed by atoms with Crippen molar-refractivity contribution in [2.45, 2.75) is 30.7 Å². The van der Waals surface area contributed by atoms with Gasteiger partial charge in [-0.2, -0.15) is 0 Å². The van der Waals surface area contributed by atoms with Gasteiger partial charge in [-0.25, -0.2) is 12.7 Å². The normalized spacial score (nSPS) is 16.7. The van der Waals surface area contributed by atoms with Gasteiger partial charge in [0.25, 0.3) is 5.91 Å². The van der Waals surface area contributed by atoms with Crippen LogP contribution in [-0.4, -0.2) is 62.7 Å². The zero-order chi connectivity index (χ0) is 21.9. The molecule has 1 aromatic carbocycles. The van der Waals surface area contributed by atoms with Crippen molar-refractivity contribution in [2.24, 2.45) is 0 Å². The molecule has 1 aliphatic rings. The molecule has 0 radical (unpaired) electrons. The summed E-state index contributed by atoms with van der Waals surface area (Å²) in [5.74, 6) is -0.278. The third-order valence-electron chi connectivity index (χ3n) is 4.82. The van der Waals surface area contributed by atoms with E-state index in [2.05, 4.69) is 5.32 Å². The Bertz CT molecular complexity index is 1020. The van der Waals surface area contributed by atoms with Gasteiger partial charge < -0.3 is 15.0 Å². The Labute approximate surface area is 180 Å². The van der Waals surface area contributed by atoms with Gasteiger partial charge in [0.2, 0.25) is 15.9 Å². The lowest BCUT2D eigenvalue weighted by atomic mass is 10.2. The van der Waals surface area contributed by atoms with Crippen LogP contribution in [0.1, 0.15) is 29.4 Å². The maximum atomic E-state index is 12.9.